The summed E-state index contributed by atoms with van der Waals surface area (Å²) in [5.74, 6) is -1.70. The molecule has 0 saturated carbocycles. The summed E-state index contributed by atoms with van der Waals surface area (Å²) in [4.78, 5) is 17.0. The second-order valence-corrected chi connectivity index (χ2v) is 7.08. The molecule has 0 unspecified atom stereocenters. The Bertz CT molecular complexity index is 1520. The molecule has 0 aliphatic heterocycles. The Morgan fingerprint density at radius 2 is 1.72 bits per heavy atom. The second kappa shape index (κ2) is 7.60. The Labute approximate surface area is 180 Å². The first kappa shape index (κ1) is 19.4. The van der Waals surface area contributed by atoms with Gasteiger partial charge in [-0.15, -0.1) is 0 Å². The van der Waals surface area contributed by atoms with Crippen LogP contribution in [-0.4, -0.2) is 10.9 Å². The molecule has 154 valence electrons. The lowest BCUT2D eigenvalue weighted by Crippen LogP contribution is -2.13. The molecule has 1 amide bonds. The van der Waals surface area contributed by atoms with E-state index in [1.807, 2.05) is 6.07 Å². The van der Waals surface area contributed by atoms with Crippen molar-refractivity contribution in [1.82, 2.24) is 4.98 Å². The van der Waals surface area contributed by atoms with Gasteiger partial charge in [0.1, 0.15) is 34.6 Å². The monoisotopic (exact) mass is 425 g/mol. The van der Waals surface area contributed by atoms with Crippen molar-refractivity contribution in [2.45, 2.75) is 0 Å². The van der Waals surface area contributed by atoms with E-state index in [-0.39, 0.29) is 28.1 Å². The summed E-state index contributed by atoms with van der Waals surface area (Å²) in [7, 11) is 0. The van der Waals surface area contributed by atoms with Gasteiger partial charge in [0.05, 0.1) is 5.56 Å². The first-order valence-corrected chi connectivity index (χ1v) is 9.62. The number of amides is 1. The number of anilines is 1. The molecule has 5 rings (SSSR count). The summed E-state index contributed by atoms with van der Waals surface area (Å²) >= 11 is 0. The van der Waals surface area contributed by atoms with Gasteiger partial charge in [-0.3, -0.25) is 4.79 Å². The van der Waals surface area contributed by atoms with E-state index in [4.69, 9.17) is 9.68 Å². The van der Waals surface area contributed by atoms with Crippen LogP contribution in [0.25, 0.3) is 33.4 Å². The van der Waals surface area contributed by atoms with E-state index in [1.165, 1.54) is 36.5 Å². The normalized spacial score (nSPS) is 10.9. The van der Waals surface area contributed by atoms with Crippen molar-refractivity contribution in [1.29, 1.82) is 5.26 Å². The van der Waals surface area contributed by atoms with Gasteiger partial charge in [0.15, 0.2) is 0 Å². The average Bonchev–Trinajstić information content (AvgIpc) is 3.42. The van der Waals surface area contributed by atoms with Crippen LogP contribution in [0.15, 0.2) is 77.3 Å². The molecule has 32 heavy (non-hydrogen) atoms. The Morgan fingerprint density at radius 3 is 2.50 bits per heavy atom. The maximum atomic E-state index is 14.7. The number of aromatic nitrogens is 1. The van der Waals surface area contributed by atoms with Crippen molar-refractivity contribution in [2.24, 2.45) is 0 Å². The molecule has 0 aliphatic rings. The highest BCUT2D eigenvalue weighted by molar-refractivity contribution is 6.16. The number of nitriles is 1. The van der Waals surface area contributed by atoms with Gasteiger partial charge in [0, 0.05) is 28.6 Å². The molecule has 0 radical (unpaired) electrons. The minimum atomic E-state index is -0.666. The number of pyridine rings is 1. The zero-order valence-electron chi connectivity index (χ0n) is 16.4. The standard InChI is InChI=1S/C25H13F2N3O2/c26-19-4-2-1-3-17(19)18-6-5-15(12-20(18)27)30-25(31)24-22-8-7-21(32-22)23(24)14-9-10-29-16(11-14)13-28/h1-12H,(H,30,31). The number of fused-ring (bicyclic) bond motifs is 2. The Balaban J connectivity index is 1.49. The Kier molecular flexibility index (Phi) is 4.61. The number of furan rings is 2. The van der Waals surface area contributed by atoms with E-state index in [2.05, 4.69) is 10.3 Å². The van der Waals surface area contributed by atoms with E-state index in [0.29, 0.717) is 22.3 Å². The minimum absolute atomic E-state index is 0.0953. The number of nitrogens with zero attached hydrogens (tertiary/aromatic N) is 2. The highest BCUT2D eigenvalue weighted by Gasteiger charge is 2.24. The Morgan fingerprint density at radius 1 is 0.938 bits per heavy atom. The van der Waals surface area contributed by atoms with E-state index < -0.39 is 17.5 Å². The SMILES string of the molecule is N#Cc1cc(-c2c(C(=O)Nc3ccc(-c4ccccc4F)c(F)c3)c3ccc2o3)ccn1. The first-order chi connectivity index (χ1) is 15.5. The van der Waals surface area contributed by atoms with Gasteiger partial charge in [-0.1, -0.05) is 18.2 Å². The molecule has 0 fully saturated rings. The van der Waals surface area contributed by atoms with Crippen molar-refractivity contribution in [3.63, 3.8) is 0 Å². The van der Waals surface area contributed by atoms with Gasteiger partial charge < -0.3 is 9.73 Å². The summed E-state index contributed by atoms with van der Waals surface area (Å²) in [5, 5.41) is 11.8. The van der Waals surface area contributed by atoms with Gasteiger partial charge in [-0.2, -0.15) is 5.26 Å². The molecule has 7 heteroatoms. The lowest BCUT2D eigenvalue weighted by Gasteiger charge is -2.10. The number of hydrogen-bond donors (Lipinski definition) is 1. The number of benzene rings is 3. The molecule has 0 atom stereocenters. The topological polar surface area (TPSA) is 78.9 Å². The largest absolute Gasteiger partial charge is 0.456 e. The highest BCUT2D eigenvalue weighted by atomic mass is 19.1. The molecular weight excluding hydrogens is 412 g/mol. The number of hydrogen-bond acceptors (Lipinski definition) is 4. The number of rotatable bonds is 4. The van der Waals surface area contributed by atoms with Crippen molar-refractivity contribution < 1.29 is 18.0 Å². The molecule has 2 aromatic carbocycles. The van der Waals surface area contributed by atoms with Crippen molar-refractivity contribution >= 4 is 22.8 Å². The fourth-order valence-electron chi connectivity index (χ4n) is 3.70. The lowest BCUT2D eigenvalue weighted by atomic mass is 9.99. The molecule has 0 aliphatic carbocycles. The third-order valence-corrected chi connectivity index (χ3v) is 5.13. The maximum Gasteiger partial charge on any atom is 0.260 e. The molecule has 5 nitrogen and oxygen atoms in total. The van der Waals surface area contributed by atoms with Crippen molar-refractivity contribution in [3.05, 3.63) is 95.8 Å². The smallest absolute Gasteiger partial charge is 0.260 e. The van der Waals surface area contributed by atoms with E-state index in [1.54, 1.807) is 30.3 Å². The summed E-state index contributed by atoms with van der Waals surface area (Å²) in [5.41, 5.74) is 2.92. The molecule has 2 bridgehead atoms. The number of carbonyl (C=O) groups is 1. The Hall–Kier alpha value is -4.57. The summed E-state index contributed by atoms with van der Waals surface area (Å²) in [6.07, 6.45) is 1.48. The number of nitrogens with one attached hydrogen (secondary N) is 1. The lowest BCUT2D eigenvalue weighted by molar-refractivity contribution is 0.102. The minimum Gasteiger partial charge on any atom is -0.456 e. The van der Waals surface area contributed by atoms with E-state index in [0.717, 1.165) is 6.07 Å². The predicted octanol–water partition coefficient (Wildman–Crippen LogP) is 6.00. The number of halogens is 2. The third-order valence-electron chi connectivity index (χ3n) is 5.13. The molecule has 0 spiro atoms. The van der Waals surface area contributed by atoms with Gasteiger partial charge in [0.25, 0.3) is 5.91 Å². The second-order valence-electron chi connectivity index (χ2n) is 7.08. The van der Waals surface area contributed by atoms with Crippen LogP contribution in [0.2, 0.25) is 0 Å². The van der Waals surface area contributed by atoms with Crippen molar-refractivity contribution in [2.75, 3.05) is 5.32 Å². The van der Waals surface area contributed by atoms with Crippen LogP contribution in [-0.2, 0) is 0 Å². The molecule has 1 N–H and O–H groups in total. The van der Waals surface area contributed by atoms with Gasteiger partial charge in [-0.25, -0.2) is 13.8 Å². The fourth-order valence-corrected chi connectivity index (χ4v) is 3.70. The zero-order chi connectivity index (χ0) is 22.2. The van der Waals surface area contributed by atoms with Crippen LogP contribution in [0.4, 0.5) is 14.5 Å². The van der Waals surface area contributed by atoms with Crippen LogP contribution >= 0.6 is 0 Å². The van der Waals surface area contributed by atoms with Gasteiger partial charge in [0.2, 0.25) is 0 Å². The van der Waals surface area contributed by atoms with Crippen LogP contribution in [0.3, 0.4) is 0 Å². The molecule has 5 aromatic rings. The van der Waals surface area contributed by atoms with E-state index in [9.17, 15) is 13.6 Å². The quantitative estimate of drug-likeness (QED) is 0.383. The van der Waals surface area contributed by atoms with Crippen LogP contribution < -0.4 is 5.32 Å². The third kappa shape index (κ3) is 3.24. The fraction of sp³-hybridized carbons (Fsp3) is 0. The van der Waals surface area contributed by atoms with Crippen LogP contribution in [0.5, 0.6) is 0 Å². The highest BCUT2D eigenvalue weighted by Crippen LogP contribution is 2.37. The van der Waals surface area contributed by atoms with Gasteiger partial charge >= 0.3 is 0 Å². The predicted molar refractivity (Wildman–Crippen MR) is 115 cm³/mol. The zero-order valence-corrected chi connectivity index (χ0v) is 16.4. The number of carbonyl (C=O) groups excluding carboxylic acids is 1. The van der Waals surface area contributed by atoms with Crippen LogP contribution in [0.1, 0.15) is 16.1 Å². The average molecular weight is 425 g/mol. The van der Waals surface area contributed by atoms with Gasteiger partial charge in [-0.05, 0) is 54.1 Å². The maximum absolute atomic E-state index is 14.7. The van der Waals surface area contributed by atoms with Crippen molar-refractivity contribution in [3.8, 4) is 28.3 Å². The molecule has 3 heterocycles. The molecular formula is C25H13F2N3O2. The summed E-state index contributed by atoms with van der Waals surface area (Å²) in [6.45, 7) is 0. The first-order valence-electron chi connectivity index (χ1n) is 9.62. The molecule has 3 aromatic heterocycles. The summed E-state index contributed by atoms with van der Waals surface area (Å²) in [6, 6.07) is 18.6. The summed E-state index contributed by atoms with van der Waals surface area (Å²) < 4.78 is 34.4. The molecule has 0 saturated heterocycles. The van der Waals surface area contributed by atoms with E-state index >= 15 is 0 Å². The van der Waals surface area contributed by atoms with Crippen LogP contribution in [0, 0.1) is 23.0 Å².